The fourth-order valence-corrected chi connectivity index (χ4v) is 2.94. The van der Waals surface area contributed by atoms with Gasteiger partial charge in [-0.1, -0.05) is 0 Å². The Kier molecular flexibility index (Phi) is 4.71. The Bertz CT molecular complexity index is 875. The average molecular weight is 355 g/mol. The van der Waals surface area contributed by atoms with E-state index in [1.165, 1.54) is 6.20 Å². The van der Waals surface area contributed by atoms with Crippen molar-refractivity contribution >= 4 is 28.4 Å². The van der Waals surface area contributed by atoms with Gasteiger partial charge in [0.05, 0.1) is 36.1 Å². The zero-order chi connectivity index (χ0) is 18.9. The molecule has 26 heavy (non-hydrogen) atoms. The highest BCUT2D eigenvalue weighted by Gasteiger charge is 2.31. The summed E-state index contributed by atoms with van der Waals surface area (Å²) in [6, 6.07) is 3.87. The van der Waals surface area contributed by atoms with Crippen LogP contribution < -0.4 is 5.73 Å². The number of hydrogen-bond donors (Lipinski definition) is 1. The number of carbonyl (C=O) groups excluding carboxylic acids is 1. The van der Waals surface area contributed by atoms with E-state index in [2.05, 4.69) is 9.98 Å². The lowest BCUT2D eigenvalue weighted by atomic mass is 10.1. The van der Waals surface area contributed by atoms with E-state index in [0.29, 0.717) is 13.1 Å². The van der Waals surface area contributed by atoms with Crippen LogP contribution in [0.5, 0.6) is 0 Å². The molecule has 2 aromatic rings. The first-order valence-electron chi connectivity index (χ1n) is 8.67. The van der Waals surface area contributed by atoms with Crippen LogP contribution in [-0.4, -0.2) is 51.0 Å². The number of aliphatic imine (C=N–C) groups is 1. The van der Waals surface area contributed by atoms with E-state index in [0.717, 1.165) is 22.3 Å². The Labute approximate surface area is 153 Å². The smallest absolute Gasteiger partial charge is 0.410 e. The van der Waals surface area contributed by atoms with Gasteiger partial charge in [0.2, 0.25) is 0 Å². The summed E-state index contributed by atoms with van der Waals surface area (Å²) in [5.41, 5.74) is 7.89. The molecule has 2 N–H and O–H groups in total. The first kappa shape index (κ1) is 18.0. The highest BCUT2D eigenvalue weighted by molar-refractivity contribution is 6.21. The van der Waals surface area contributed by atoms with Crippen LogP contribution in [0.15, 0.2) is 41.9 Å². The third-order valence-electron chi connectivity index (χ3n) is 4.23. The molecule has 0 bridgehead atoms. The maximum absolute atomic E-state index is 12.6. The molecule has 0 spiro atoms. The van der Waals surface area contributed by atoms with Crippen molar-refractivity contribution in [1.29, 1.82) is 0 Å². The molecule has 0 saturated heterocycles. The van der Waals surface area contributed by atoms with Crippen molar-refractivity contribution in [3.05, 3.63) is 36.9 Å². The summed E-state index contributed by atoms with van der Waals surface area (Å²) in [6.45, 7) is 8.41. The van der Waals surface area contributed by atoms with E-state index in [1.54, 1.807) is 17.3 Å². The number of fused-ring (bicyclic) bond motifs is 1. The molecule has 1 atom stereocenters. The van der Waals surface area contributed by atoms with Crippen molar-refractivity contribution in [3.8, 4) is 0 Å². The van der Waals surface area contributed by atoms with Crippen molar-refractivity contribution in [2.24, 2.45) is 10.7 Å². The number of hydrogen-bond acceptors (Lipinski definition) is 5. The monoisotopic (exact) mass is 355 g/mol. The molecule has 1 aliphatic heterocycles. The van der Waals surface area contributed by atoms with Crippen LogP contribution in [0.2, 0.25) is 0 Å². The van der Waals surface area contributed by atoms with Crippen molar-refractivity contribution in [1.82, 2.24) is 14.5 Å². The van der Waals surface area contributed by atoms with Crippen molar-refractivity contribution in [3.63, 3.8) is 0 Å². The third kappa shape index (κ3) is 3.56. The Morgan fingerprint density at radius 1 is 1.38 bits per heavy atom. The Balaban J connectivity index is 1.89. The molecule has 3 rings (SSSR count). The summed E-state index contributed by atoms with van der Waals surface area (Å²) < 4.78 is 7.51. The Morgan fingerprint density at radius 3 is 2.85 bits per heavy atom. The molecule has 2 aromatic heterocycles. The van der Waals surface area contributed by atoms with Gasteiger partial charge in [0.25, 0.3) is 0 Å². The second kappa shape index (κ2) is 6.82. The molecule has 7 nitrogen and oxygen atoms in total. The summed E-state index contributed by atoms with van der Waals surface area (Å²) in [7, 11) is 0. The van der Waals surface area contributed by atoms with Gasteiger partial charge in [-0.15, -0.1) is 0 Å². The molecule has 0 aliphatic carbocycles. The largest absolute Gasteiger partial charge is 0.444 e. The van der Waals surface area contributed by atoms with E-state index < -0.39 is 5.60 Å². The molecule has 0 aromatic carbocycles. The molecule has 0 saturated carbocycles. The topological polar surface area (TPSA) is 85.7 Å². The lowest BCUT2D eigenvalue weighted by Gasteiger charge is -2.34. The van der Waals surface area contributed by atoms with Gasteiger partial charge in [-0.2, -0.15) is 0 Å². The molecule has 1 unspecified atom stereocenters. The first-order chi connectivity index (χ1) is 12.3. The summed E-state index contributed by atoms with van der Waals surface area (Å²) in [6.07, 6.45) is 6.67. The van der Waals surface area contributed by atoms with Crippen LogP contribution in [0, 0.1) is 0 Å². The molecule has 1 amide bonds. The molecule has 3 heterocycles. The second-order valence-corrected chi connectivity index (χ2v) is 7.42. The zero-order valence-electron chi connectivity index (χ0n) is 15.6. The number of rotatable bonds is 2. The van der Waals surface area contributed by atoms with E-state index in [-0.39, 0.29) is 12.1 Å². The molecule has 1 aliphatic rings. The summed E-state index contributed by atoms with van der Waals surface area (Å²) >= 11 is 0. The lowest BCUT2D eigenvalue weighted by molar-refractivity contribution is 0.0210. The molecular weight excluding hydrogens is 330 g/mol. The van der Waals surface area contributed by atoms with Gasteiger partial charge in [-0.3, -0.25) is 14.9 Å². The van der Waals surface area contributed by atoms with E-state index >= 15 is 0 Å². The number of aromatic nitrogens is 2. The highest BCUT2D eigenvalue weighted by Crippen LogP contribution is 2.22. The first-order valence-corrected chi connectivity index (χ1v) is 8.67. The predicted molar refractivity (Wildman–Crippen MR) is 103 cm³/mol. The standard InChI is InChI=1S/C19H25N5O2/c1-13-10-22-15(12-24(13)18(25)26-19(2,3)4)17(9-20)23-8-6-14-11-21-7-5-16(14)23/h5-9,11,13H,10,12,20H2,1-4H3. The molecule has 138 valence electrons. The summed E-state index contributed by atoms with van der Waals surface area (Å²) in [4.78, 5) is 23.1. The van der Waals surface area contributed by atoms with Crippen LogP contribution in [0.3, 0.4) is 0 Å². The van der Waals surface area contributed by atoms with Gasteiger partial charge < -0.3 is 15.0 Å². The zero-order valence-corrected chi connectivity index (χ0v) is 15.6. The fourth-order valence-electron chi connectivity index (χ4n) is 2.94. The van der Waals surface area contributed by atoms with E-state index in [1.807, 2.05) is 50.6 Å². The number of pyridine rings is 1. The average Bonchev–Trinajstić information content (AvgIpc) is 2.99. The van der Waals surface area contributed by atoms with E-state index in [9.17, 15) is 4.79 Å². The predicted octanol–water partition coefficient (Wildman–Crippen LogP) is 2.87. The number of nitrogens with zero attached hydrogens (tertiary/aromatic N) is 4. The fraction of sp³-hybridized carbons (Fsp3) is 0.421. The minimum Gasteiger partial charge on any atom is -0.444 e. The minimum absolute atomic E-state index is 0.0294. The summed E-state index contributed by atoms with van der Waals surface area (Å²) in [5, 5.41) is 1.01. The van der Waals surface area contributed by atoms with Crippen LogP contribution in [-0.2, 0) is 4.74 Å². The van der Waals surface area contributed by atoms with Gasteiger partial charge >= 0.3 is 6.09 Å². The van der Waals surface area contributed by atoms with E-state index in [4.69, 9.17) is 10.5 Å². The second-order valence-electron chi connectivity index (χ2n) is 7.42. The molecule has 0 fully saturated rings. The Morgan fingerprint density at radius 2 is 2.15 bits per heavy atom. The molecule has 0 radical (unpaired) electrons. The normalized spacial score (nSPS) is 18.8. The van der Waals surface area contributed by atoms with Crippen LogP contribution in [0.1, 0.15) is 27.7 Å². The number of nitrogens with two attached hydrogens (primary N) is 1. The van der Waals surface area contributed by atoms with Crippen LogP contribution >= 0.6 is 0 Å². The van der Waals surface area contributed by atoms with Gasteiger partial charge in [0, 0.05) is 30.2 Å². The maximum atomic E-state index is 12.6. The quantitative estimate of drug-likeness (QED) is 0.897. The SMILES string of the molecule is CC1CN=C(C(=CN)n2ccc3cnccc32)CN1C(=O)OC(C)(C)C. The number of amides is 1. The van der Waals surface area contributed by atoms with Crippen LogP contribution in [0.4, 0.5) is 4.79 Å². The highest BCUT2D eigenvalue weighted by atomic mass is 16.6. The Hall–Kier alpha value is -2.83. The van der Waals surface area contributed by atoms with Gasteiger partial charge in [-0.05, 0) is 39.8 Å². The van der Waals surface area contributed by atoms with Gasteiger partial charge in [0.1, 0.15) is 5.60 Å². The van der Waals surface area contributed by atoms with Gasteiger partial charge in [-0.25, -0.2) is 4.79 Å². The van der Waals surface area contributed by atoms with Crippen molar-refractivity contribution in [2.75, 3.05) is 13.1 Å². The van der Waals surface area contributed by atoms with Gasteiger partial charge in [0.15, 0.2) is 0 Å². The van der Waals surface area contributed by atoms with Crippen molar-refractivity contribution in [2.45, 2.75) is 39.3 Å². The van der Waals surface area contributed by atoms with Crippen LogP contribution in [0.25, 0.3) is 16.6 Å². The number of carbonyl (C=O) groups is 1. The lowest BCUT2D eigenvalue weighted by Crippen LogP contribution is -2.49. The molecule has 7 heteroatoms. The minimum atomic E-state index is -0.540. The molecular formula is C19H25N5O2. The summed E-state index contributed by atoms with van der Waals surface area (Å²) in [5.74, 6) is 0. The third-order valence-corrected chi connectivity index (χ3v) is 4.23. The van der Waals surface area contributed by atoms with Crippen molar-refractivity contribution < 1.29 is 9.53 Å². The number of ether oxygens (including phenoxy) is 1. The maximum Gasteiger partial charge on any atom is 0.410 e.